The van der Waals surface area contributed by atoms with Crippen molar-refractivity contribution in [1.29, 1.82) is 0 Å². The lowest BCUT2D eigenvalue weighted by Gasteiger charge is -2.23. The van der Waals surface area contributed by atoms with Gasteiger partial charge >= 0.3 is 0 Å². The first kappa shape index (κ1) is 11.8. The number of amides is 1. The van der Waals surface area contributed by atoms with Gasteiger partial charge in [-0.1, -0.05) is 0 Å². The van der Waals surface area contributed by atoms with Crippen molar-refractivity contribution >= 4 is 11.9 Å². The van der Waals surface area contributed by atoms with Gasteiger partial charge in [-0.05, 0) is 20.8 Å². The molecule has 15 heavy (non-hydrogen) atoms. The summed E-state index contributed by atoms with van der Waals surface area (Å²) in [5.41, 5.74) is 5.71. The molecular weight excluding hydrogens is 192 g/mol. The number of carbonyl (C=O) groups is 1. The second-order valence-corrected chi connectivity index (χ2v) is 4.73. The van der Waals surface area contributed by atoms with Crippen LogP contribution in [0.15, 0.2) is 4.99 Å². The summed E-state index contributed by atoms with van der Waals surface area (Å²) >= 11 is 0. The highest BCUT2D eigenvalue weighted by atomic mass is 16.1. The van der Waals surface area contributed by atoms with E-state index in [1.165, 1.54) is 0 Å². The number of nitrogens with two attached hydrogens (primary N) is 1. The highest BCUT2D eigenvalue weighted by molar-refractivity contribution is 5.81. The van der Waals surface area contributed by atoms with Crippen LogP contribution in [0.3, 0.4) is 0 Å². The van der Waals surface area contributed by atoms with Gasteiger partial charge in [0.2, 0.25) is 5.91 Å². The lowest BCUT2D eigenvalue weighted by atomic mass is 10.1. The number of guanidine groups is 1. The van der Waals surface area contributed by atoms with E-state index in [4.69, 9.17) is 5.73 Å². The summed E-state index contributed by atoms with van der Waals surface area (Å²) in [6.45, 7) is 8.02. The molecule has 0 aliphatic carbocycles. The molecule has 0 radical (unpaired) electrons. The second-order valence-electron chi connectivity index (χ2n) is 4.73. The zero-order valence-corrected chi connectivity index (χ0v) is 9.71. The number of hydrogen-bond acceptors (Lipinski definition) is 2. The molecule has 3 N–H and O–H groups in total. The molecule has 0 unspecified atom stereocenters. The summed E-state index contributed by atoms with van der Waals surface area (Å²) in [7, 11) is 0. The molecule has 0 aromatic carbocycles. The van der Waals surface area contributed by atoms with E-state index in [9.17, 15) is 4.79 Å². The first-order valence-corrected chi connectivity index (χ1v) is 5.25. The van der Waals surface area contributed by atoms with E-state index in [0.29, 0.717) is 25.5 Å². The predicted octanol–water partition coefficient (Wildman–Crippen LogP) is -0.0785. The fourth-order valence-electron chi connectivity index (χ4n) is 1.41. The van der Waals surface area contributed by atoms with E-state index < -0.39 is 0 Å². The van der Waals surface area contributed by atoms with Gasteiger partial charge in [0.1, 0.15) is 0 Å². The van der Waals surface area contributed by atoms with Gasteiger partial charge in [-0.2, -0.15) is 0 Å². The smallest absolute Gasteiger partial charge is 0.221 e. The fraction of sp³-hybridized carbons (Fsp3) is 0.800. The van der Waals surface area contributed by atoms with E-state index in [2.05, 4.69) is 10.3 Å². The number of nitrogens with zero attached hydrogens (tertiary/aromatic N) is 2. The quantitative estimate of drug-likeness (QED) is 0.436. The largest absolute Gasteiger partial charge is 0.370 e. The number of aliphatic imine (C=N–C) groups is 1. The molecule has 1 amide bonds. The Morgan fingerprint density at radius 1 is 1.47 bits per heavy atom. The third-order valence-corrected chi connectivity index (χ3v) is 2.09. The molecule has 0 aromatic heterocycles. The van der Waals surface area contributed by atoms with Crippen molar-refractivity contribution in [1.82, 2.24) is 10.2 Å². The molecule has 1 aliphatic heterocycles. The number of carbonyl (C=O) groups excluding carboxylic acids is 1. The van der Waals surface area contributed by atoms with Gasteiger partial charge in [0.15, 0.2) is 5.96 Å². The molecule has 1 heterocycles. The summed E-state index contributed by atoms with van der Waals surface area (Å²) in [6, 6.07) is 0. The van der Waals surface area contributed by atoms with E-state index in [1.54, 1.807) is 0 Å². The molecule has 0 atom stereocenters. The maximum Gasteiger partial charge on any atom is 0.221 e. The lowest BCUT2D eigenvalue weighted by Crippen LogP contribution is -2.41. The van der Waals surface area contributed by atoms with Gasteiger partial charge in [0.25, 0.3) is 0 Å². The first-order valence-electron chi connectivity index (χ1n) is 5.25. The molecular formula is C10H20N4O. The molecule has 5 nitrogen and oxygen atoms in total. The van der Waals surface area contributed by atoms with Crippen molar-refractivity contribution < 1.29 is 4.79 Å². The summed E-state index contributed by atoms with van der Waals surface area (Å²) in [5.74, 6) is 0.611. The minimum absolute atomic E-state index is 0.0843. The summed E-state index contributed by atoms with van der Waals surface area (Å²) in [4.78, 5) is 17.4. The Bertz CT molecular complexity index is 267. The van der Waals surface area contributed by atoms with Gasteiger partial charge in [0, 0.05) is 26.1 Å². The Labute approximate surface area is 90.7 Å². The molecule has 86 valence electrons. The van der Waals surface area contributed by atoms with Crippen LogP contribution in [-0.2, 0) is 4.79 Å². The van der Waals surface area contributed by atoms with Gasteiger partial charge in [0.05, 0.1) is 5.54 Å². The molecule has 5 heteroatoms. The van der Waals surface area contributed by atoms with Crippen LogP contribution in [0.2, 0.25) is 0 Å². The van der Waals surface area contributed by atoms with Gasteiger partial charge in [-0.15, -0.1) is 0 Å². The van der Waals surface area contributed by atoms with Crippen LogP contribution >= 0.6 is 0 Å². The Morgan fingerprint density at radius 2 is 2.13 bits per heavy atom. The van der Waals surface area contributed by atoms with Crippen LogP contribution in [0.5, 0.6) is 0 Å². The average Bonchev–Trinajstić information content (AvgIpc) is 2.26. The minimum atomic E-state index is -0.173. The highest BCUT2D eigenvalue weighted by Gasteiger charge is 2.17. The SMILES string of the molecule is CC(C)(C)N=C(N)N1CCNC(=O)CC1. The monoisotopic (exact) mass is 212 g/mol. The maximum atomic E-state index is 11.1. The zero-order chi connectivity index (χ0) is 11.5. The number of nitrogens with one attached hydrogen (secondary N) is 1. The van der Waals surface area contributed by atoms with Crippen molar-refractivity contribution in [3.63, 3.8) is 0 Å². The molecule has 1 rings (SSSR count). The normalized spacial score (nSPS) is 19.8. The van der Waals surface area contributed by atoms with Crippen LogP contribution < -0.4 is 11.1 Å². The van der Waals surface area contributed by atoms with Crippen LogP contribution in [0, 0.1) is 0 Å². The van der Waals surface area contributed by atoms with E-state index in [0.717, 1.165) is 6.54 Å². The van der Waals surface area contributed by atoms with Crippen LogP contribution in [-0.4, -0.2) is 41.9 Å². The minimum Gasteiger partial charge on any atom is -0.370 e. The summed E-state index contributed by atoms with van der Waals surface area (Å²) in [6.07, 6.45) is 0.486. The van der Waals surface area contributed by atoms with Crippen LogP contribution in [0.25, 0.3) is 0 Å². The Kier molecular flexibility index (Phi) is 3.55. The van der Waals surface area contributed by atoms with E-state index >= 15 is 0 Å². The Morgan fingerprint density at radius 3 is 2.73 bits per heavy atom. The second kappa shape index (κ2) is 4.51. The summed E-state index contributed by atoms with van der Waals surface area (Å²) in [5, 5.41) is 2.80. The molecule has 0 spiro atoms. The average molecular weight is 212 g/mol. The number of hydrogen-bond donors (Lipinski definition) is 2. The fourth-order valence-corrected chi connectivity index (χ4v) is 1.41. The van der Waals surface area contributed by atoms with Crippen molar-refractivity contribution in [2.24, 2.45) is 10.7 Å². The molecule has 0 aromatic rings. The Hall–Kier alpha value is -1.26. The topological polar surface area (TPSA) is 70.7 Å². The van der Waals surface area contributed by atoms with Crippen LogP contribution in [0.1, 0.15) is 27.2 Å². The zero-order valence-electron chi connectivity index (χ0n) is 9.71. The molecule has 0 bridgehead atoms. The standard InChI is InChI=1S/C10H20N4O/c1-10(2,3)13-9(11)14-6-4-8(15)12-5-7-14/h4-7H2,1-3H3,(H2,11,13)(H,12,15). The highest BCUT2D eigenvalue weighted by Crippen LogP contribution is 2.07. The van der Waals surface area contributed by atoms with Gasteiger partial charge in [-0.3, -0.25) is 4.79 Å². The third-order valence-electron chi connectivity index (χ3n) is 2.09. The molecule has 1 aliphatic rings. The predicted molar refractivity (Wildman–Crippen MR) is 60.6 cm³/mol. The lowest BCUT2D eigenvalue weighted by molar-refractivity contribution is -0.120. The van der Waals surface area contributed by atoms with E-state index in [1.807, 2.05) is 25.7 Å². The maximum absolute atomic E-state index is 11.1. The summed E-state index contributed by atoms with van der Waals surface area (Å²) < 4.78 is 0. The third kappa shape index (κ3) is 4.18. The van der Waals surface area contributed by atoms with Crippen molar-refractivity contribution in [2.75, 3.05) is 19.6 Å². The van der Waals surface area contributed by atoms with E-state index in [-0.39, 0.29) is 11.4 Å². The Balaban J connectivity index is 2.63. The van der Waals surface area contributed by atoms with Gasteiger partial charge in [-0.25, -0.2) is 4.99 Å². The van der Waals surface area contributed by atoms with Crippen molar-refractivity contribution in [2.45, 2.75) is 32.7 Å². The first-order chi connectivity index (χ1) is 6.88. The molecule has 1 fully saturated rings. The molecule has 0 saturated carbocycles. The van der Waals surface area contributed by atoms with Gasteiger partial charge < -0.3 is 16.0 Å². The van der Waals surface area contributed by atoms with Crippen molar-refractivity contribution in [3.8, 4) is 0 Å². The van der Waals surface area contributed by atoms with Crippen LogP contribution in [0.4, 0.5) is 0 Å². The molecule has 1 saturated heterocycles. The van der Waals surface area contributed by atoms with Crippen molar-refractivity contribution in [3.05, 3.63) is 0 Å². The number of rotatable bonds is 0.